The highest BCUT2D eigenvalue weighted by Gasteiger charge is 2.20. The second kappa shape index (κ2) is 6.26. The van der Waals surface area contributed by atoms with Crippen molar-refractivity contribution < 1.29 is 9.90 Å². The lowest BCUT2D eigenvalue weighted by molar-refractivity contribution is 0.0703. The van der Waals surface area contributed by atoms with E-state index in [2.05, 4.69) is 22.0 Å². The molecule has 0 aliphatic heterocycles. The third-order valence-corrected chi connectivity index (χ3v) is 4.89. The molecule has 6 heteroatoms. The van der Waals surface area contributed by atoms with Crippen LogP contribution in [0.25, 0.3) is 10.2 Å². The molecule has 2 aromatic heterocycles. The Morgan fingerprint density at radius 1 is 1.30 bits per heavy atom. The molecule has 5 nitrogen and oxygen atoms in total. The van der Waals surface area contributed by atoms with E-state index in [0.29, 0.717) is 10.5 Å². The predicted molar refractivity (Wildman–Crippen MR) is 94.4 cm³/mol. The zero-order valence-corrected chi connectivity index (χ0v) is 13.5. The Morgan fingerprint density at radius 2 is 2.04 bits per heavy atom. The number of nitrogens with zero attached hydrogens (tertiary/aromatic N) is 2. The summed E-state index contributed by atoms with van der Waals surface area (Å²) in [6.45, 7) is 0.806. The molecule has 1 aromatic carbocycles. The van der Waals surface area contributed by atoms with Crippen LogP contribution in [0.1, 0.15) is 15.2 Å². The zero-order chi connectivity index (χ0) is 16.4. The van der Waals surface area contributed by atoms with Gasteiger partial charge in [-0.25, -0.2) is 9.78 Å². The van der Waals surface area contributed by atoms with Gasteiger partial charge in [0.15, 0.2) is 0 Å². The highest BCUT2D eigenvalue weighted by Crippen LogP contribution is 2.38. The Labute approximate surface area is 138 Å². The van der Waals surface area contributed by atoms with Crippen molar-refractivity contribution in [2.24, 2.45) is 0 Å². The summed E-state index contributed by atoms with van der Waals surface area (Å²) in [7, 11) is 1.98. The molecule has 23 heavy (non-hydrogen) atoms. The first kappa shape index (κ1) is 15.3. The number of likely N-dealkylation sites (N-methyl/N-ethyl adjacent to an activating group) is 1. The van der Waals surface area contributed by atoms with Crippen molar-refractivity contribution >= 4 is 38.9 Å². The topological polar surface area (TPSA) is 79.5 Å². The van der Waals surface area contributed by atoms with Crippen LogP contribution in [-0.4, -0.2) is 29.7 Å². The van der Waals surface area contributed by atoms with Gasteiger partial charge in [0.25, 0.3) is 0 Å². The minimum absolute atomic E-state index is 0.149. The molecule has 3 rings (SSSR count). The van der Waals surface area contributed by atoms with Gasteiger partial charge >= 0.3 is 5.97 Å². The maximum Gasteiger partial charge on any atom is 0.348 e. The first-order chi connectivity index (χ1) is 11.1. The van der Waals surface area contributed by atoms with Crippen LogP contribution in [0, 0.1) is 0 Å². The van der Waals surface area contributed by atoms with Gasteiger partial charge in [-0.1, -0.05) is 30.3 Å². The number of pyridine rings is 1. The third-order valence-electron chi connectivity index (χ3n) is 3.79. The van der Waals surface area contributed by atoms with Crippen LogP contribution >= 0.6 is 11.3 Å². The van der Waals surface area contributed by atoms with E-state index in [4.69, 9.17) is 5.73 Å². The van der Waals surface area contributed by atoms with E-state index in [-0.39, 0.29) is 4.88 Å². The second-order valence-electron chi connectivity index (χ2n) is 5.32. The van der Waals surface area contributed by atoms with Crippen molar-refractivity contribution in [2.75, 3.05) is 24.2 Å². The summed E-state index contributed by atoms with van der Waals surface area (Å²) in [5.41, 5.74) is 8.51. The van der Waals surface area contributed by atoms with Gasteiger partial charge < -0.3 is 15.7 Å². The average molecular weight is 327 g/mol. The molecular weight excluding hydrogens is 310 g/mol. The van der Waals surface area contributed by atoms with Gasteiger partial charge in [0.05, 0.1) is 16.8 Å². The van der Waals surface area contributed by atoms with Crippen LogP contribution in [-0.2, 0) is 6.42 Å². The lowest BCUT2D eigenvalue weighted by Crippen LogP contribution is -2.20. The molecule has 0 radical (unpaired) electrons. The van der Waals surface area contributed by atoms with Crippen LogP contribution < -0.4 is 10.6 Å². The van der Waals surface area contributed by atoms with E-state index < -0.39 is 5.97 Å². The Kier molecular flexibility index (Phi) is 4.16. The van der Waals surface area contributed by atoms with E-state index in [1.54, 1.807) is 6.20 Å². The van der Waals surface area contributed by atoms with Crippen molar-refractivity contribution in [2.45, 2.75) is 6.42 Å². The van der Waals surface area contributed by atoms with Gasteiger partial charge in [-0.15, -0.1) is 11.3 Å². The third kappa shape index (κ3) is 2.98. The number of anilines is 2. The summed E-state index contributed by atoms with van der Waals surface area (Å²) in [5.74, 6) is -1.01. The number of aromatic nitrogens is 1. The van der Waals surface area contributed by atoms with Crippen molar-refractivity contribution in [1.82, 2.24) is 4.98 Å². The molecule has 0 spiro atoms. The minimum Gasteiger partial charge on any atom is -0.477 e. The Balaban J connectivity index is 1.91. The summed E-state index contributed by atoms with van der Waals surface area (Å²) >= 11 is 1.12. The van der Waals surface area contributed by atoms with Crippen LogP contribution in [0.15, 0.2) is 42.6 Å². The minimum atomic E-state index is -1.01. The van der Waals surface area contributed by atoms with E-state index in [0.717, 1.165) is 35.4 Å². The van der Waals surface area contributed by atoms with Crippen LogP contribution in [0.4, 0.5) is 11.4 Å². The molecule has 118 valence electrons. The zero-order valence-electron chi connectivity index (χ0n) is 12.7. The van der Waals surface area contributed by atoms with E-state index in [1.807, 2.05) is 31.3 Å². The summed E-state index contributed by atoms with van der Waals surface area (Å²) in [5, 5.41) is 9.96. The highest BCUT2D eigenvalue weighted by atomic mass is 32.1. The number of carbonyl (C=O) groups is 1. The molecule has 0 unspecified atom stereocenters. The van der Waals surface area contributed by atoms with Crippen molar-refractivity contribution in [3.63, 3.8) is 0 Å². The van der Waals surface area contributed by atoms with Crippen LogP contribution in [0.2, 0.25) is 0 Å². The van der Waals surface area contributed by atoms with Gasteiger partial charge in [-0.05, 0) is 18.1 Å². The maximum absolute atomic E-state index is 11.3. The number of aromatic carboxylic acids is 1. The average Bonchev–Trinajstić information content (AvgIpc) is 2.91. The maximum atomic E-state index is 11.3. The number of nitrogens with two attached hydrogens (primary N) is 1. The van der Waals surface area contributed by atoms with Crippen molar-refractivity contribution in [3.05, 3.63) is 53.0 Å². The fourth-order valence-corrected chi connectivity index (χ4v) is 3.49. The number of hydrogen-bond acceptors (Lipinski definition) is 5. The van der Waals surface area contributed by atoms with Crippen molar-refractivity contribution in [1.29, 1.82) is 0 Å². The van der Waals surface area contributed by atoms with Gasteiger partial charge in [0.1, 0.15) is 9.71 Å². The van der Waals surface area contributed by atoms with Crippen LogP contribution in [0.3, 0.4) is 0 Å². The quantitative estimate of drug-likeness (QED) is 0.752. The number of carboxylic acid groups (broad SMARTS) is 1. The monoisotopic (exact) mass is 327 g/mol. The summed E-state index contributed by atoms with van der Waals surface area (Å²) in [6.07, 6.45) is 2.59. The molecule has 0 aliphatic rings. The smallest absolute Gasteiger partial charge is 0.348 e. The van der Waals surface area contributed by atoms with Crippen LogP contribution in [0.5, 0.6) is 0 Å². The SMILES string of the molecule is CN(CCc1ccccc1)c1ccnc2sc(C(=O)O)c(N)c12. The number of rotatable bonds is 5. The molecule has 0 bridgehead atoms. The molecule has 0 fully saturated rings. The van der Waals surface area contributed by atoms with Gasteiger partial charge in [0, 0.05) is 19.8 Å². The molecule has 2 heterocycles. The predicted octanol–water partition coefficient (Wildman–Crippen LogP) is 3.26. The number of carboxylic acids is 1. The molecule has 0 amide bonds. The largest absolute Gasteiger partial charge is 0.477 e. The summed E-state index contributed by atoms with van der Waals surface area (Å²) < 4.78 is 0. The first-order valence-corrected chi connectivity index (χ1v) is 8.05. The lowest BCUT2D eigenvalue weighted by Gasteiger charge is -2.20. The molecule has 0 aliphatic carbocycles. The molecule has 3 aromatic rings. The van der Waals surface area contributed by atoms with E-state index >= 15 is 0 Å². The highest BCUT2D eigenvalue weighted by molar-refractivity contribution is 7.21. The number of benzene rings is 1. The Hall–Kier alpha value is -2.60. The second-order valence-corrected chi connectivity index (χ2v) is 6.32. The van der Waals surface area contributed by atoms with E-state index in [1.165, 1.54) is 5.56 Å². The molecule has 3 N–H and O–H groups in total. The fourth-order valence-electron chi connectivity index (χ4n) is 2.57. The fraction of sp³-hybridized carbons (Fsp3) is 0.176. The molecule has 0 saturated heterocycles. The normalized spacial score (nSPS) is 10.8. The summed E-state index contributed by atoms with van der Waals surface area (Å²) in [6, 6.07) is 12.1. The van der Waals surface area contributed by atoms with Gasteiger partial charge in [-0.3, -0.25) is 0 Å². The standard InChI is InChI=1S/C17H17N3O2S/c1-20(10-8-11-5-3-2-4-6-11)12-7-9-19-16-13(12)14(18)15(23-16)17(21)22/h2-7,9H,8,10,18H2,1H3,(H,21,22). The summed E-state index contributed by atoms with van der Waals surface area (Å²) in [4.78, 5) is 18.4. The molecule has 0 saturated carbocycles. The number of nitrogen functional groups attached to an aromatic ring is 1. The molecule has 0 atom stereocenters. The Morgan fingerprint density at radius 3 is 2.74 bits per heavy atom. The van der Waals surface area contributed by atoms with Gasteiger partial charge in [-0.2, -0.15) is 0 Å². The van der Waals surface area contributed by atoms with Crippen molar-refractivity contribution in [3.8, 4) is 0 Å². The van der Waals surface area contributed by atoms with E-state index in [9.17, 15) is 9.90 Å². The molecular formula is C17H17N3O2S. The first-order valence-electron chi connectivity index (χ1n) is 7.23. The van der Waals surface area contributed by atoms with Gasteiger partial charge in [0.2, 0.25) is 0 Å². The Bertz CT molecular complexity index is 846. The number of fused-ring (bicyclic) bond motifs is 1. The lowest BCUT2D eigenvalue weighted by atomic mass is 10.1. The number of thiophene rings is 1. The number of hydrogen-bond donors (Lipinski definition) is 2.